The number of phenolic OH excluding ortho intramolecular Hbond substituents is 1. The van der Waals surface area contributed by atoms with Gasteiger partial charge in [0.25, 0.3) is 11.6 Å². The van der Waals surface area contributed by atoms with Gasteiger partial charge in [-0.3, -0.25) is 14.9 Å². The fraction of sp³-hybridized carbons (Fsp3) is 0.0667. The van der Waals surface area contributed by atoms with Crippen LogP contribution in [0, 0.1) is 10.1 Å². The highest BCUT2D eigenvalue weighted by molar-refractivity contribution is 9.10. The van der Waals surface area contributed by atoms with E-state index in [9.17, 15) is 20.0 Å². The molecule has 130 valence electrons. The number of hydrogen-bond donors (Lipinski definition) is 2. The molecule has 2 rings (SSSR count). The van der Waals surface area contributed by atoms with Crippen molar-refractivity contribution in [3.63, 3.8) is 0 Å². The van der Waals surface area contributed by atoms with Crippen molar-refractivity contribution >= 4 is 45.3 Å². The first-order chi connectivity index (χ1) is 11.9. The molecule has 0 fully saturated rings. The second-order valence-electron chi connectivity index (χ2n) is 4.66. The molecular formula is C15H11BrClN3O5. The zero-order chi connectivity index (χ0) is 18.4. The third-order valence-electron chi connectivity index (χ3n) is 2.86. The van der Waals surface area contributed by atoms with Crippen molar-refractivity contribution in [3.05, 3.63) is 61.6 Å². The number of non-ortho nitro benzene ring substituents is 1. The number of aromatic hydroxyl groups is 1. The first kappa shape index (κ1) is 18.7. The summed E-state index contributed by atoms with van der Waals surface area (Å²) in [6.45, 7) is -0.288. The summed E-state index contributed by atoms with van der Waals surface area (Å²) in [7, 11) is 0. The predicted molar refractivity (Wildman–Crippen MR) is 95.1 cm³/mol. The van der Waals surface area contributed by atoms with Gasteiger partial charge in [-0.15, -0.1) is 0 Å². The van der Waals surface area contributed by atoms with Gasteiger partial charge in [0, 0.05) is 22.7 Å². The van der Waals surface area contributed by atoms with Crippen LogP contribution >= 0.6 is 27.5 Å². The standard InChI is InChI=1S/C15H11BrClN3O5/c16-13-6-11(20(23)24)5-9(15(13)22)7-18-19-14(21)8-25-12-3-1-10(17)2-4-12/h1-7,22H,8H2,(H,19,21)/b18-7+. The van der Waals surface area contributed by atoms with Crippen molar-refractivity contribution < 1.29 is 19.6 Å². The summed E-state index contributed by atoms with van der Waals surface area (Å²) in [4.78, 5) is 21.8. The third-order valence-corrected chi connectivity index (χ3v) is 3.72. The highest BCUT2D eigenvalue weighted by Crippen LogP contribution is 2.31. The molecule has 0 saturated heterocycles. The summed E-state index contributed by atoms with van der Waals surface area (Å²) >= 11 is 8.74. The molecule has 8 nitrogen and oxygen atoms in total. The summed E-state index contributed by atoms with van der Waals surface area (Å²) in [5.41, 5.74) is 2.03. The number of ether oxygens (including phenoxy) is 1. The second-order valence-corrected chi connectivity index (χ2v) is 5.95. The Labute approximate surface area is 155 Å². The lowest BCUT2D eigenvalue weighted by atomic mass is 10.2. The van der Waals surface area contributed by atoms with Crippen molar-refractivity contribution in [2.24, 2.45) is 5.10 Å². The van der Waals surface area contributed by atoms with Crippen molar-refractivity contribution in [2.45, 2.75) is 0 Å². The first-order valence-electron chi connectivity index (χ1n) is 6.74. The van der Waals surface area contributed by atoms with Crippen LogP contribution in [-0.2, 0) is 4.79 Å². The molecule has 0 spiro atoms. The minimum atomic E-state index is -0.611. The molecular weight excluding hydrogens is 418 g/mol. The number of rotatable bonds is 6. The number of hydrogen-bond acceptors (Lipinski definition) is 6. The zero-order valence-electron chi connectivity index (χ0n) is 12.5. The van der Waals surface area contributed by atoms with Gasteiger partial charge in [0.05, 0.1) is 15.6 Å². The molecule has 0 aliphatic carbocycles. The molecule has 0 aromatic heterocycles. The van der Waals surface area contributed by atoms with E-state index in [4.69, 9.17) is 16.3 Å². The molecule has 0 bridgehead atoms. The number of halogens is 2. The Hall–Kier alpha value is -2.65. The Morgan fingerprint density at radius 2 is 2.08 bits per heavy atom. The number of nitro benzene ring substituents is 1. The number of nitrogens with zero attached hydrogens (tertiary/aromatic N) is 2. The number of phenols is 1. The molecule has 2 N–H and O–H groups in total. The summed E-state index contributed by atoms with van der Waals surface area (Å²) in [5.74, 6) is -0.319. The average Bonchev–Trinajstić information content (AvgIpc) is 2.57. The Balaban J connectivity index is 1.95. The highest BCUT2D eigenvalue weighted by Gasteiger charge is 2.13. The molecule has 25 heavy (non-hydrogen) atoms. The van der Waals surface area contributed by atoms with Gasteiger partial charge in [-0.05, 0) is 40.2 Å². The monoisotopic (exact) mass is 427 g/mol. The maximum absolute atomic E-state index is 11.6. The van der Waals surface area contributed by atoms with E-state index in [-0.39, 0.29) is 28.1 Å². The summed E-state index contributed by atoms with van der Waals surface area (Å²) < 4.78 is 5.37. The van der Waals surface area contributed by atoms with Gasteiger partial charge < -0.3 is 9.84 Å². The van der Waals surface area contributed by atoms with E-state index >= 15 is 0 Å². The van der Waals surface area contributed by atoms with Crippen molar-refractivity contribution in [1.82, 2.24) is 5.43 Å². The fourth-order valence-corrected chi connectivity index (χ4v) is 2.28. The Bertz CT molecular complexity index is 827. The Morgan fingerprint density at radius 1 is 1.40 bits per heavy atom. The molecule has 0 aliphatic rings. The van der Waals surface area contributed by atoms with Crippen LogP contribution in [-0.4, -0.2) is 28.8 Å². The van der Waals surface area contributed by atoms with Crippen LogP contribution in [0.15, 0.2) is 46.0 Å². The highest BCUT2D eigenvalue weighted by atomic mass is 79.9. The molecule has 0 radical (unpaired) electrons. The molecule has 10 heteroatoms. The van der Waals surface area contributed by atoms with E-state index < -0.39 is 10.8 Å². The van der Waals surface area contributed by atoms with Crippen molar-refractivity contribution in [2.75, 3.05) is 6.61 Å². The van der Waals surface area contributed by atoms with Crippen LogP contribution in [0.5, 0.6) is 11.5 Å². The Kier molecular flexibility index (Phi) is 6.31. The lowest BCUT2D eigenvalue weighted by Gasteiger charge is -2.05. The van der Waals surface area contributed by atoms with Gasteiger partial charge in [0.1, 0.15) is 11.5 Å². The van der Waals surface area contributed by atoms with E-state index in [1.54, 1.807) is 24.3 Å². The molecule has 2 aromatic carbocycles. The van der Waals surface area contributed by atoms with Crippen LogP contribution < -0.4 is 10.2 Å². The van der Waals surface area contributed by atoms with Crippen LogP contribution in [0.3, 0.4) is 0 Å². The predicted octanol–water partition coefficient (Wildman–Crippen LogP) is 3.25. The lowest BCUT2D eigenvalue weighted by molar-refractivity contribution is -0.385. The third kappa shape index (κ3) is 5.44. The van der Waals surface area contributed by atoms with Gasteiger partial charge >= 0.3 is 0 Å². The van der Waals surface area contributed by atoms with Crippen molar-refractivity contribution in [1.29, 1.82) is 0 Å². The summed E-state index contributed by atoms with van der Waals surface area (Å²) in [6, 6.07) is 8.74. The van der Waals surface area contributed by atoms with E-state index in [1.165, 1.54) is 0 Å². The summed E-state index contributed by atoms with van der Waals surface area (Å²) in [6.07, 6.45) is 1.09. The number of carbonyl (C=O) groups is 1. The van der Waals surface area contributed by atoms with Gasteiger partial charge in [-0.1, -0.05) is 11.6 Å². The van der Waals surface area contributed by atoms with E-state index in [1.807, 2.05) is 0 Å². The fourth-order valence-electron chi connectivity index (χ4n) is 1.70. The maximum atomic E-state index is 11.6. The first-order valence-corrected chi connectivity index (χ1v) is 7.91. The molecule has 0 atom stereocenters. The number of nitro groups is 1. The molecule has 0 heterocycles. The quantitative estimate of drug-likeness (QED) is 0.416. The molecule has 0 unspecified atom stereocenters. The normalized spacial score (nSPS) is 10.6. The van der Waals surface area contributed by atoms with Gasteiger partial charge in [0.15, 0.2) is 6.61 Å². The second kappa shape index (κ2) is 8.45. The number of hydrazone groups is 1. The minimum absolute atomic E-state index is 0.0694. The van der Waals surface area contributed by atoms with Gasteiger partial charge in [-0.25, -0.2) is 5.43 Å². The van der Waals surface area contributed by atoms with Gasteiger partial charge in [-0.2, -0.15) is 5.10 Å². The summed E-state index contributed by atoms with van der Waals surface area (Å²) in [5, 5.41) is 24.8. The Morgan fingerprint density at radius 3 is 2.72 bits per heavy atom. The molecule has 1 amide bonds. The number of benzene rings is 2. The van der Waals surface area contributed by atoms with Crippen molar-refractivity contribution in [3.8, 4) is 11.5 Å². The van der Waals surface area contributed by atoms with E-state index in [0.29, 0.717) is 10.8 Å². The van der Waals surface area contributed by atoms with E-state index in [2.05, 4.69) is 26.5 Å². The van der Waals surface area contributed by atoms with Crippen LogP contribution in [0.4, 0.5) is 5.69 Å². The SMILES string of the molecule is O=C(COc1ccc(Cl)cc1)N/N=C/c1cc([N+](=O)[O-])cc(Br)c1O. The molecule has 2 aromatic rings. The average molecular weight is 429 g/mol. The number of nitrogens with one attached hydrogen (secondary N) is 1. The topological polar surface area (TPSA) is 114 Å². The maximum Gasteiger partial charge on any atom is 0.277 e. The minimum Gasteiger partial charge on any atom is -0.506 e. The smallest absolute Gasteiger partial charge is 0.277 e. The lowest BCUT2D eigenvalue weighted by Crippen LogP contribution is -2.24. The number of carbonyl (C=O) groups excluding carboxylic acids is 1. The molecule has 0 saturated carbocycles. The van der Waals surface area contributed by atoms with Crippen LogP contribution in [0.25, 0.3) is 0 Å². The zero-order valence-corrected chi connectivity index (χ0v) is 14.8. The van der Waals surface area contributed by atoms with Gasteiger partial charge in [0.2, 0.25) is 0 Å². The van der Waals surface area contributed by atoms with Crippen LogP contribution in [0.2, 0.25) is 5.02 Å². The van der Waals surface area contributed by atoms with E-state index in [0.717, 1.165) is 18.3 Å². The van der Waals surface area contributed by atoms with Crippen LogP contribution in [0.1, 0.15) is 5.56 Å². The largest absolute Gasteiger partial charge is 0.506 e. The number of amides is 1. The molecule has 0 aliphatic heterocycles.